The lowest BCUT2D eigenvalue weighted by molar-refractivity contribution is -0.119. The molecule has 1 aromatic rings. The Hall–Kier alpha value is -0.420. The van der Waals surface area contributed by atoms with Crippen molar-refractivity contribution in [3.05, 3.63) is 11.1 Å². The van der Waals surface area contributed by atoms with Crippen molar-refractivity contribution < 1.29 is 4.79 Å². The van der Waals surface area contributed by atoms with Crippen LogP contribution in [0.15, 0.2) is 5.38 Å². The van der Waals surface area contributed by atoms with Gasteiger partial charge in [-0.3, -0.25) is 4.79 Å². The van der Waals surface area contributed by atoms with E-state index in [1.807, 2.05) is 19.2 Å². The fourth-order valence-electron chi connectivity index (χ4n) is 0.720. The summed E-state index contributed by atoms with van der Waals surface area (Å²) in [7, 11) is 0. The SMILES string of the molecule is CC(C)C(=O)CBr.CC(C)c1csc(N)n1. The molecule has 92 valence electrons. The van der Waals surface area contributed by atoms with Gasteiger partial charge in [-0.25, -0.2) is 4.98 Å². The van der Waals surface area contributed by atoms with Crippen molar-refractivity contribution in [2.45, 2.75) is 33.6 Å². The number of carbonyl (C=O) groups is 1. The zero-order valence-corrected chi connectivity index (χ0v) is 12.6. The summed E-state index contributed by atoms with van der Waals surface area (Å²) in [5, 5.41) is 3.16. The Morgan fingerprint density at radius 3 is 2.19 bits per heavy atom. The number of nitrogen functional groups attached to an aromatic ring is 1. The Balaban J connectivity index is 0.000000293. The van der Waals surface area contributed by atoms with Crippen molar-refractivity contribution in [1.82, 2.24) is 4.98 Å². The molecule has 1 heterocycles. The van der Waals surface area contributed by atoms with Gasteiger partial charge in [0.25, 0.3) is 0 Å². The lowest BCUT2D eigenvalue weighted by Crippen LogP contribution is -2.06. The predicted octanol–water partition coefficient (Wildman–Crippen LogP) is 3.46. The van der Waals surface area contributed by atoms with Gasteiger partial charge in [0.05, 0.1) is 11.0 Å². The largest absolute Gasteiger partial charge is 0.375 e. The van der Waals surface area contributed by atoms with E-state index in [0.29, 0.717) is 16.4 Å². The van der Waals surface area contributed by atoms with E-state index in [1.165, 1.54) is 11.3 Å². The molecule has 0 aliphatic heterocycles. The average Bonchev–Trinajstić information content (AvgIpc) is 2.64. The van der Waals surface area contributed by atoms with Crippen LogP contribution in [0.25, 0.3) is 0 Å². The van der Waals surface area contributed by atoms with E-state index in [0.717, 1.165) is 5.69 Å². The number of alkyl halides is 1. The van der Waals surface area contributed by atoms with Crippen molar-refractivity contribution in [2.24, 2.45) is 5.92 Å². The average molecular weight is 307 g/mol. The normalized spacial score (nSPS) is 10.2. The van der Waals surface area contributed by atoms with Crippen molar-refractivity contribution in [2.75, 3.05) is 11.1 Å². The molecule has 0 atom stereocenters. The highest BCUT2D eigenvalue weighted by atomic mass is 79.9. The minimum atomic E-state index is 0.180. The summed E-state index contributed by atoms with van der Waals surface area (Å²) in [5.74, 6) is 0.943. The van der Waals surface area contributed by atoms with Crippen molar-refractivity contribution >= 4 is 38.2 Å². The van der Waals surface area contributed by atoms with Gasteiger partial charge in [0.2, 0.25) is 0 Å². The first-order chi connectivity index (χ1) is 7.38. The number of hydrogen-bond donors (Lipinski definition) is 1. The van der Waals surface area contributed by atoms with Gasteiger partial charge in [-0.1, -0.05) is 43.6 Å². The van der Waals surface area contributed by atoms with Gasteiger partial charge in [-0.15, -0.1) is 11.3 Å². The van der Waals surface area contributed by atoms with Crippen LogP contribution in [0.3, 0.4) is 0 Å². The lowest BCUT2D eigenvalue weighted by Gasteiger charge is -1.95. The van der Waals surface area contributed by atoms with Crippen LogP contribution in [-0.2, 0) is 4.79 Å². The van der Waals surface area contributed by atoms with E-state index in [2.05, 4.69) is 34.8 Å². The molecule has 1 aromatic heterocycles. The number of carbonyl (C=O) groups excluding carboxylic acids is 1. The molecule has 3 nitrogen and oxygen atoms in total. The second-order valence-corrected chi connectivity index (χ2v) is 5.47. The molecule has 0 aromatic carbocycles. The van der Waals surface area contributed by atoms with Crippen LogP contribution in [0.1, 0.15) is 39.3 Å². The molecule has 2 N–H and O–H groups in total. The third-order valence-corrected chi connectivity index (χ3v) is 3.15. The molecule has 0 saturated carbocycles. The number of aromatic nitrogens is 1. The van der Waals surface area contributed by atoms with Gasteiger partial charge in [0.15, 0.2) is 5.13 Å². The number of ketones is 1. The summed E-state index contributed by atoms with van der Waals surface area (Å²) in [6.45, 7) is 8.00. The molecule has 0 bridgehead atoms. The van der Waals surface area contributed by atoms with Crippen molar-refractivity contribution in [1.29, 1.82) is 0 Å². The molecule has 0 spiro atoms. The van der Waals surface area contributed by atoms with Crippen LogP contribution in [0.4, 0.5) is 5.13 Å². The first-order valence-electron chi connectivity index (χ1n) is 5.18. The minimum absolute atomic E-state index is 0.180. The Morgan fingerprint density at radius 1 is 1.50 bits per heavy atom. The van der Waals surface area contributed by atoms with E-state index in [1.54, 1.807) is 0 Å². The van der Waals surface area contributed by atoms with Gasteiger partial charge in [0.1, 0.15) is 5.78 Å². The predicted molar refractivity (Wildman–Crippen MR) is 74.3 cm³/mol. The van der Waals surface area contributed by atoms with Crippen molar-refractivity contribution in [3.63, 3.8) is 0 Å². The zero-order chi connectivity index (χ0) is 12.7. The van der Waals surface area contributed by atoms with Gasteiger partial charge < -0.3 is 5.73 Å². The molecule has 5 heteroatoms. The summed E-state index contributed by atoms with van der Waals surface area (Å²) in [6, 6.07) is 0. The third kappa shape index (κ3) is 6.23. The van der Waals surface area contributed by atoms with Crippen LogP contribution in [0.2, 0.25) is 0 Å². The Labute approximate surface area is 110 Å². The zero-order valence-electron chi connectivity index (χ0n) is 10.2. The number of anilines is 1. The summed E-state index contributed by atoms with van der Waals surface area (Å²) in [4.78, 5) is 14.6. The van der Waals surface area contributed by atoms with Gasteiger partial charge >= 0.3 is 0 Å². The van der Waals surface area contributed by atoms with Crippen LogP contribution >= 0.6 is 27.3 Å². The Morgan fingerprint density at radius 2 is 2.06 bits per heavy atom. The second-order valence-electron chi connectivity index (χ2n) is 4.02. The number of thiazole rings is 1. The van der Waals surface area contributed by atoms with Crippen LogP contribution in [0.5, 0.6) is 0 Å². The van der Waals surface area contributed by atoms with Gasteiger partial charge in [-0.05, 0) is 5.92 Å². The molecular weight excluding hydrogens is 288 g/mol. The standard InChI is InChI=1S/C6H10N2S.C5H9BrO/c1-4(2)5-3-9-6(7)8-5;1-4(2)5(7)3-6/h3-4H,1-2H3,(H2,7,8);4H,3H2,1-2H3. The number of nitrogens with two attached hydrogens (primary N) is 1. The quantitative estimate of drug-likeness (QED) is 0.870. The van der Waals surface area contributed by atoms with Crippen LogP contribution < -0.4 is 5.73 Å². The van der Waals surface area contributed by atoms with E-state index >= 15 is 0 Å². The summed E-state index contributed by atoms with van der Waals surface area (Å²) >= 11 is 4.57. The first-order valence-corrected chi connectivity index (χ1v) is 7.18. The maximum Gasteiger partial charge on any atom is 0.180 e. The second kappa shape index (κ2) is 7.79. The van der Waals surface area contributed by atoms with Crippen molar-refractivity contribution in [3.8, 4) is 0 Å². The van der Waals surface area contributed by atoms with E-state index in [4.69, 9.17) is 5.73 Å². The highest BCUT2D eigenvalue weighted by molar-refractivity contribution is 9.09. The maximum atomic E-state index is 10.5. The number of hydrogen-bond acceptors (Lipinski definition) is 4. The molecule has 1 rings (SSSR count). The number of Topliss-reactive ketones (excluding diaryl/α,β-unsaturated/α-hetero) is 1. The van der Waals surface area contributed by atoms with Gasteiger partial charge in [-0.2, -0.15) is 0 Å². The molecule has 0 aliphatic carbocycles. The highest BCUT2D eigenvalue weighted by Gasteiger charge is 2.02. The molecule has 0 radical (unpaired) electrons. The monoisotopic (exact) mass is 306 g/mol. The fraction of sp³-hybridized carbons (Fsp3) is 0.636. The number of nitrogens with zero attached hydrogens (tertiary/aromatic N) is 1. The Bertz CT molecular complexity index is 324. The van der Waals surface area contributed by atoms with E-state index < -0.39 is 0 Å². The molecule has 0 saturated heterocycles. The summed E-state index contributed by atoms with van der Waals surface area (Å²) in [5.41, 5.74) is 6.52. The van der Waals surface area contributed by atoms with E-state index in [-0.39, 0.29) is 11.7 Å². The van der Waals surface area contributed by atoms with E-state index in [9.17, 15) is 4.79 Å². The summed E-state index contributed by atoms with van der Waals surface area (Å²) in [6.07, 6.45) is 0. The highest BCUT2D eigenvalue weighted by Crippen LogP contribution is 2.18. The minimum Gasteiger partial charge on any atom is -0.375 e. The van der Waals surface area contributed by atoms with Crippen LogP contribution in [0, 0.1) is 5.92 Å². The molecular formula is C11H19BrN2OS. The van der Waals surface area contributed by atoms with Crippen LogP contribution in [-0.4, -0.2) is 16.1 Å². The molecule has 0 unspecified atom stereocenters. The molecule has 0 aliphatic rings. The van der Waals surface area contributed by atoms with Gasteiger partial charge in [0, 0.05) is 11.3 Å². The molecule has 0 fully saturated rings. The first kappa shape index (κ1) is 15.6. The maximum absolute atomic E-state index is 10.5. The third-order valence-electron chi connectivity index (χ3n) is 1.91. The smallest absolute Gasteiger partial charge is 0.180 e. The number of halogens is 1. The topological polar surface area (TPSA) is 56.0 Å². The molecule has 0 amide bonds. The Kier molecular flexibility index (Phi) is 7.58. The molecule has 16 heavy (non-hydrogen) atoms. The summed E-state index contributed by atoms with van der Waals surface area (Å²) < 4.78 is 0. The lowest BCUT2D eigenvalue weighted by atomic mass is 10.1. The fourth-order valence-corrected chi connectivity index (χ4v) is 2.09. The number of rotatable bonds is 3.